The Kier molecular flexibility index (Phi) is 4.97. The monoisotopic (exact) mass is 274 g/mol. The van der Waals surface area contributed by atoms with Gasteiger partial charge in [-0.25, -0.2) is 0 Å². The average molecular weight is 275 g/mol. The van der Waals surface area contributed by atoms with E-state index in [1.165, 1.54) is 13.2 Å². The molecule has 1 unspecified atom stereocenters. The maximum absolute atomic E-state index is 11.9. The first-order valence-electron chi connectivity index (χ1n) is 5.01. The summed E-state index contributed by atoms with van der Waals surface area (Å²) in [4.78, 5) is 23.1. The molecule has 1 aromatic carbocycles. The highest BCUT2D eigenvalue weighted by molar-refractivity contribution is 6.35. The van der Waals surface area contributed by atoms with Crippen LogP contribution < -0.4 is 0 Å². The van der Waals surface area contributed by atoms with Crippen molar-refractivity contribution in [3.8, 4) is 0 Å². The summed E-state index contributed by atoms with van der Waals surface area (Å²) in [5.41, 5.74) is 0.329. The van der Waals surface area contributed by atoms with Gasteiger partial charge in [-0.15, -0.1) is 0 Å². The van der Waals surface area contributed by atoms with Crippen molar-refractivity contribution in [2.75, 3.05) is 7.11 Å². The molecule has 1 rings (SSSR count). The summed E-state index contributed by atoms with van der Waals surface area (Å²) in [5, 5.41) is 0.764. The van der Waals surface area contributed by atoms with E-state index in [4.69, 9.17) is 23.2 Å². The molecule has 0 N–H and O–H groups in total. The zero-order valence-corrected chi connectivity index (χ0v) is 11.0. The lowest BCUT2D eigenvalue weighted by molar-refractivity contribution is -0.144. The van der Waals surface area contributed by atoms with Crippen molar-refractivity contribution in [1.29, 1.82) is 0 Å². The van der Waals surface area contributed by atoms with Crippen LogP contribution >= 0.6 is 23.2 Å². The Hall–Kier alpha value is -1.06. The molecular formula is C12H12Cl2O3. The fourth-order valence-corrected chi connectivity index (χ4v) is 1.78. The van der Waals surface area contributed by atoms with Crippen LogP contribution in [0.1, 0.15) is 23.7 Å². The first-order chi connectivity index (χ1) is 7.95. The van der Waals surface area contributed by atoms with Gasteiger partial charge in [0.25, 0.3) is 0 Å². The molecule has 0 bridgehead atoms. The number of benzene rings is 1. The molecule has 1 aromatic rings. The van der Waals surface area contributed by atoms with Gasteiger partial charge in [0, 0.05) is 17.0 Å². The molecule has 17 heavy (non-hydrogen) atoms. The Morgan fingerprint density at radius 3 is 2.59 bits per heavy atom. The van der Waals surface area contributed by atoms with Gasteiger partial charge in [0.2, 0.25) is 0 Å². The van der Waals surface area contributed by atoms with Gasteiger partial charge in [0.05, 0.1) is 18.1 Å². The van der Waals surface area contributed by atoms with E-state index in [9.17, 15) is 9.59 Å². The molecule has 3 nitrogen and oxygen atoms in total. The number of Topliss-reactive ketones (excluding diaryl/α,β-unsaturated/α-hetero) is 1. The van der Waals surface area contributed by atoms with Gasteiger partial charge in [-0.2, -0.15) is 0 Å². The van der Waals surface area contributed by atoms with E-state index in [1.807, 2.05) is 0 Å². The van der Waals surface area contributed by atoms with Crippen molar-refractivity contribution in [2.45, 2.75) is 13.3 Å². The van der Waals surface area contributed by atoms with E-state index in [-0.39, 0.29) is 12.2 Å². The highest BCUT2D eigenvalue weighted by Crippen LogP contribution is 2.23. The molecule has 0 heterocycles. The number of carbonyl (C=O) groups excluding carboxylic acids is 2. The van der Waals surface area contributed by atoms with E-state index in [0.717, 1.165) is 0 Å². The summed E-state index contributed by atoms with van der Waals surface area (Å²) in [6.45, 7) is 1.63. The van der Waals surface area contributed by atoms with Gasteiger partial charge < -0.3 is 4.74 Å². The summed E-state index contributed by atoms with van der Waals surface area (Å²) in [5.74, 6) is -1.14. The smallest absolute Gasteiger partial charge is 0.308 e. The third kappa shape index (κ3) is 3.72. The number of esters is 1. The topological polar surface area (TPSA) is 43.4 Å². The lowest BCUT2D eigenvalue weighted by Crippen LogP contribution is -2.17. The Morgan fingerprint density at radius 1 is 1.35 bits per heavy atom. The zero-order valence-electron chi connectivity index (χ0n) is 9.50. The van der Waals surface area contributed by atoms with Gasteiger partial charge in [-0.3, -0.25) is 9.59 Å². The van der Waals surface area contributed by atoms with E-state index < -0.39 is 11.9 Å². The summed E-state index contributed by atoms with van der Waals surface area (Å²) < 4.78 is 4.55. The Balaban J connectivity index is 2.83. The molecule has 92 valence electrons. The minimum atomic E-state index is -0.498. The third-order valence-corrected chi connectivity index (χ3v) is 2.89. The predicted molar refractivity (Wildman–Crippen MR) is 66.6 cm³/mol. The number of ketones is 1. The normalized spacial score (nSPS) is 12.0. The molecule has 0 saturated heterocycles. The number of rotatable bonds is 4. The standard InChI is InChI=1S/C12H12Cl2O3/c1-7(12(16)17-2)5-11(15)9-6-8(13)3-4-10(9)14/h3-4,6-7H,5H2,1-2H3. The van der Waals surface area contributed by atoms with Crippen molar-refractivity contribution in [1.82, 2.24) is 0 Å². The summed E-state index contributed by atoms with van der Waals surface area (Å²) in [7, 11) is 1.29. The van der Waals surface area contributed by atoms with E-state index in [2.05, 4.69) is 4.74 Å². The van der Waals surface area contributed by atoms with Gasteiger partial charge in [-0.05, 0) is 18.2 Å². The second kappa shape index (κ2) is 6.03. The summed E-state index contributed by atoms with van der Waals surface area (Å²) in [6, 6.07) is 4.65. The Bertz CT molecular complexity index is 443. The minimum Gasteiger partial charge on any atom is -0.469 e. The van der Waals surface area contributed by atoms with Crippen LogP contribution in [0, 0.1) is 5.92 Å². The molecule has 5 heteroatoms. The molecule has 0 spiro atoms. The minimum absolute atomic E-state index is 0.0483. The van der Waals surface area contributed by atoms with E-state index in [0.29, 0.717) is 15.6 Å². The largest absolute Gasteiger partial charge is 0.469 e. The number of carbonyl (C=O) groups is 2. The Morgan fingerprint density at radius 2 is 2.00 bits per heavy atom. The molecule has 0 radical (unpaired) electrons. The third-order valence-electron chi connectivity index (χ3n) is 2.32. The second-order valence-corrected chi connectivity index (χ2v) is 4.52. The zero-order chi connectivity index (χ0) is 13.0. The van der Waals surface area contributed by atoms with Crippen molar-refractivity contribution in [3.63, 3.8) is 0 Å². The van der Waals surface area contributed by atoms with Gasteiger partial charge in [0.1, 0.15) is 0 Å². The molecule has 0 aliphatic carbocycles. The first-order valence-corrected chi connectivity index (χ1v) is 5.77. The van der Waals surface area contributed by atoms with Gasteiger partial charge in [0.15, 0.2) is 5.78 Å². The highest BCUT2D eigenvalue weighted by Gasteiger charge is 2.20. The number of hydrogen-bond acceptors (Lipinski definition) is 3. The lowest BCUT2D eigenvalue weighted by atomic mass is 10.00. The number of methoxy groups -OCH3 is 1. The van der Waals surface area contributed by atoms with Crippen LogP contribution in [0.5, 0.6) is 0 Å². The molecule has 0 fully saturated rings. The fraction of sp³-hybridized carbons (Fsp3) is 0.333. The molecule has 0 saturated carbocycles. The van der Waals surface area contributed by atoms with Crippen molar-refractivity contribution in [2.24, 2.45) is 5.92 Å². The van der Waals surface area contributed by atoms with Crippen LogP contribution in [0.3, 0.4) is 0 Å². The summed E-state index contributed by atoms with van der Waals surface area (Å²) >= 11 is 11.7. The molecule has 0 amide bonds. The molecular weight excluding hydrogens is 263 g/mol. The van der Waals surface area contributed by atoms with E-state index >= 15 is 0 Å². The van der Waals surface area contributed by atoms with Crippen LogP contribution in [0.2, 0.25) is 10.0 Å². The molecule has 1 atom stereocenters. The Labute approximate surface area is 110 Å². The van der Waals surface area contributed by atoms with Crippen LogP contribution in [0.15, 0.2) is 18.2 Å². The number of hydrogen-bond donors (Lipinski definition) is 0. The van der Waals surface area contributed by atoms with Crippen molar-refractivity contribution < 1.29 is 14.3 Å². The average Bonchev–Trinajstić information content (AvgIpc) is 2.30. The maximum atomic E-state index is 11.9. The van der Waals surface area contributed by atoms with E-state index in [1.54, 1.807) is 19.1 Å². The lowest BCUT2D eigenvalue weighted by Gasteiger charge is -2.09. The predicted octanol–water partition coefficient (Wildman–Crippen LogP) is 3.38. The molecule has 0 aliphatic heterocycles. The van der Waals surface area contributed by atoms with Crippen LogP contribution in [0.25, 0.3) is 0 Å². The van der Waals surface area contributed by atoms with Gasteiger partial charge in [-0.1, -0.05) is 30.1 Å². The van der Waals surface area contributed by atoms with Gasteiger partial charge >= 0.3 is 5.97 Å². The van der Waals surface area contributed by atoms with Crippen molar-refractivity contribution >= 4 is 35.0 Å². The fourth-order valence-electron chi connectivity index (χ4n) is 1.38. The molecule has 0 aromatic heterocycles. The van der Waals surface area contributed by atoms with Crippen LogP contribution in [-0.2, 0) is 9.53 Å². The first kappa shape index (κ1) is 14.0. The van der Waals surface area contributed by atoms with Crippen molar-refractivity contribution in [3.05, 3.63) is 33.8 Å². The molecule has 0 aliphatic rings. The number of halogens is 2. The quantitative estimate of drug-likeness (QED) is 0.625. The maximum Gasteiger partial charge on any atom is 0.308 e. The second-order valence-electron chi connectivity index (χ2n) is 3.68. The summed E-state index contributed by atoms with van der Waals surface area (Å²) in [6.07, 6.45) is 0.0483. The highest BCUT2D eigenvalue weighted by atomic mass is 35.5. The van der Waals surface area contributed by atoms with Crippen LogP contribution in [0.4, 0.5) is 0 Å². The SMILES string of the molecule is COC(=O)C(C)CC(=O)c1cc(Cl)ccc1Cl. The van der Waals surface area contributed by atoms with Crippen LogP contribution in [-0.4, -0.2) is 18.9 Å². The number of ether oxygens (including phenoxy) is 1.